The van der Waals surface area contributed by atoms with Gasteiger partial charge in [-0.2, -0.15) is 0 Å². The molecule has 1 aromatic carbocycles. The SMILES string of the molecule is COc1cc(-c2onc(N(C)C)c2C(=O)N(C)CCc2ccccn2)ccc1F. The summed E-state index contributed by atoms with van der Waals surface area (Å²) < 4.78 is 24.3. The minimum Gasteiger partial charge on any atom is -0.494 e. The largest absolute Gasteiger partial charge is 0.494 e. The van der Waals surface area contributed by atoms with Crippen LogP contribution in [-0.4, -0.2) is 55.7 Å². The molecular formula is C21H23FN4O3. The standard InChI is InChI=1S/C21H23FN4O3/c1-25(2)20-18(21(27)26(3)12-10-15-7-5-6-11-23-15)19(29-24-20)14-8-9-16(22)17(13-14)28-4/h5-9,11,13H,10,12H2,1-4H3. The van der Waals surface area contributed by atoms with Gasteiger partial charge in [-0.05, 0) is 30.3 Å². The summed E-state index contributed by atoms with van der Waals surface area (Å²) in [5.74, 6) is -0.0139. The van der Waals surface area contributed by atoms with E-state index in [1.165, 1.54) is 25.3 Å². The zero-order valence-electron chi connectivity index (χ0n) is 16.8. The van der Waals surface area contributed by atoms with Crippen LogP contribution in [0, 0.1) is 5.82 Å². The number of methoxy groups -OCH3 is 1. The van der Waals surface area contributed by atoms with E-state index in [4.69, 9.17) is 9.26 Å². The van der Waals surface area contributed by atoms with Gasteiger partial charge in [0.15, 0.2) is 23.1 Å². The van der Waals surface area contributed by atoms with Crippen molar-refractivity contribution in [2.24, 2.45) is 0 Å². The van der Waals surface area contributed by atoms with Gasteiger partial charge in [0.1, 0.15) is 5.56 Å². The minimum absolute atomic E-state index is 0.0622. The van der Waals surface area contributed by atoms with Crippen LogP contribution in [0.5, 0.6) is 5.75 Å². The molecule has 7 nitrogen and oxygen atoms in total. The molecule has 0 radical (unpaired) electrons. The van der Waals surface area contributed by atoms with Crippen LogP contribution in [0.3, 0.4) is 0 Å². The zero-order chi connectivity index (χ0) is 21.0. The summed E-state index contributed by atoms with van der Waals surface area (Å²) in [5.41, 5.74) is 1.71. The molecule has 0 aliphatic heterocycles. The highest BCUT2D eigenvalue weighted by atomic mass is 19.1. The molecule has 2 heterocycles. The van der Waals surface area contributed by atoms with Crippen molar-refractivity contribution in [3.8, 4) is 17.1 Å². The Morgan fingerprint density at radius 1 is 1.21 bits per heavy atom. The predicted octanol–water partition coefficient (Wildman–Crippen LogP) is 3.27. The quantitative estimate of drug-likeness (QED) is 0.608. The van der Waals surface area contributed by atoms with Gasteiger partial charge < -0.3 is 19.1 Å². The van der Waals surface area contributed by atoms with Crippen LogP contribution in [0.1, 0.15) is 16.1 Å². The third-order valence-corrected chi connectivity index (χ3v) is 4.50. The van der Waals surface area contributed by atoms with Gasteiger partial charge >= 0.3 is 0 Å². The third kappa shape index (κ3) is 4.37. The van der Waals surface area contributed by atoms with Crippen molar-refractivity contribution in [1.29, 1.82) is 0 Å². The molecule has 0 aliphatic carbocycles. The molecule has 2 aromatic heterocycles. The summed E-state index contributed by atoms with van der Waals surface area (Å²) in [6, 6.07) is 9.96. The number of hydrogen-bond acceptors (Lipinski definition) is 6. The highest BCUT2D eigenvalue weighted by Gasteiger charge is 2.28. The first-order chi connectivity index (χ1) is 13.9. The molecule has 0 atom stereocenters. The van der Waals surface area contributed by atoms with Crippen molar-refractivity contribution in [3.63, 3.8) is 0 Å². The lowest BCUT2D eigenvalue weighted by atomic mass is 10.1. The molecule has 0 spiro atoms. The van der Waals surface area contributed by atoms with Crippen LogP contribution in [0.25, 0.3) is 11.3 Å². The Bertz CT molecular complexity index is 989. The molecule has 0 saturated heterocycles. The second-order valence-corrected chi connectivity index (χ2v) is 6.75. The van der Waals surface area contributed by atoms with E-state index in [1.54, 1.807) is 37.1 Å². The highest BCUT2D eigenvalue weighted by molar-refractivity contribution is 6.04. The van der Waals surface area contributed by atoms with Gasteiger partial charge in [-0.25, -0.2) is 4.39 Å². The van der Waals surface area contributed by atoms with E-state index in [1.807, 2.05) is 18.2 Å². The summed E-state index contributed by atoms with van der Waals surface area (Å²) >= 11 is 0. The number of nitrogens with zero attached hydrogens (tertiary/aromatic N) is 4. The maximum Gasteiger partial charge on any atom is 0.261 e. The van der Waals surface area contributed by atoms with E-state index >= 15 is 0 Å². The second-order valence-electron chi connectivity index (χ2n) is 6.75. The predicted molar refractivity (Wildman–Crippen MR) is 108 cm³/mol. The summed E-state index contributed by atoms with van der Waals surface area (Å²) in [4.78, 5) is 20.8. The Kier molecular flexibility index (Phi) is 6.11. The molecule has 8 heteroatoms. The molecule has 0 N–H and O–H groups in total. The smallest absolute Gasteiger partial charge is 0.261 e. The summed E-state index contributed by atoms with van der Waals surface area (Å²) in [5, 5.41) is 4.05. The lowest BCUT2D eigenvalue weighted by molar-refractivity contribution is 0.0797. The van der Waals surface area contributed by atoms with Gasteiger partial charge in [0.25, 0.3) is 5.91 Å². The van der Waals surface area contributed by atoms with E-state index in [2.05, 4.69) is 10.1 Å². The maximum absolute atomic E-state index is 13.8. The Hall–Kier alpha value is -3.42. The summed E-state index contributed by atoms with van der Waals surface area (Å²) in [7, 11) is 6.65. The lowest BCUT2D eigenvalue weighted by Crippen LogP contribution is -2.30. The number of carbonyl (C=O) groups is 1. The van der Waals surface area contributed by atoms with Gasteiger partial charge in [0.2, 0.25) is 0 Å². The number of benzene rings is 1. The van der Waals surface area contributed by atoms with Crippen molar-refractivity contribution in [2.45, 2.75) is 6.42 Å². The number of hydrogen-bond donors (Lipinski definition) is 0. The van der Waals surface area contributed by atoms with Crippen molar-refractivity contribution in [2.75, 3.05) is 39.7 Å². The molecule has 3 aromatic rings. The number of rotatable bonds is 7. The number of likely N-dealkylation sites (N-methyl/N-ethyl adjacent to an activating group) is 1. The molecule has 0 fully saturated rings. The average Bonchev–Trinajstić information content (AvgIpc) is 3.18. The molecule has 29 heavy (non-hydrogen) atoms. The molecular weight excluding hydrogens is 375 g/mol. The third-order valence-electron chi connectivity index (χ3n) is 4.50. The molecule has 0 unspecified atom stereocenters. The van der Waals surface area contributed by atoms with E-state index in [-0.39, 0.29) is 17.4 Å². The van der Waals surface area contributed by atoms with Crippen LogP contribution in [0.15, 0.2) is 47.1 Å². The van der Waals surface area contributed by atoms with E-state index in [0.29, 0.717) is 29.9 Å². The summed E-state index contributed by atoms with van der Waals surface area (Å²) in [6.45, 7) is 0.472. The van der Waals surface area contributed by atoms with Gasteiger partial charge in [-0.15, -0.1) is 0 Å². The molecule has 3 rings (SSSR count). The number of amides is 1. The fourth-order valence-electron chi connectivity index (χ4n) is 2.90. The molecule has 0 aliphatic rings. The topological polar surface area (TPSA) is 71.7 Å². The number of pyridine rings is 1. The minimum atomic E-state index is -0.496. The van der Waals surface area contributed by atoms with Crippen molar-refractivity contribution >= 4 is 11.7 Å². The second kappa shape index (κ2) is 8.72. The van der Waals surface area contributed by atoms with Gasteiger partial charge in [0, 0.05) is 51.6 Å². The molecule has 0 saturated carbocycles. The van der Waals surface area contributed by atoms with Crippen molar-refractivity contribution < 1.29 is 18.4 Å². The fraction of sp³-hybridized carbons (Fsp3) is 0.286. The normalized spacial score (nSPS) is 10.7. The fourth-order valence-corrected chi connectivity index (χ4v) is 2.90. The number of carbonyl (C=O) groups excluding carboxylic acids is 1. The summed E-state index contributed by atoms with van der Waals surface area (Å²) in [6.07, 6.45) is 2.34. The molecule has 152 valence electrons. The number of ether oxygens (including phenoxy) is 1. The van der Waals surface area contributed by atoms with E-state index < -0.39 is 5.82 Å². The average molecular weight is 398 g/mol. The highest BCUT2D eigenvalue weighted by Crippen LogP contribution is 2.34. The monoisotopic (exact) mass is 398 g/mol. The van der Waals surface area contributed by atoms with Crippen LogP contribution in [-0.2, 0) is 6.42 Å². The molecule has 1 amide bonds. The maximum atomic E-state index is 13.8. The Morgan fingerprint density at radius 3 is 2.66 bits per heavy atom. The lowest BCUT2D eigenvalue weighted by Gasteiger charge is -2.19. The van der Waals surface area contributed by atoms with Crippen LogP contribution < -0.4 is 9.64 Å². The van der Waals surface area contributed by atoms with Crippen LogP contribution >= 0.6 is 0 Å². The number of aromatic nitrogens is 2. The van der Waals surface area contributed by atoms with Crippen LogP contribution in [0.4, 0.5) is 10.2 Å². The zero-order valence-corrected chi connectivity index (χ0v) is 16.8. The Balaban J connectivity index is 1.92. The van der Waals surface area contributed by atoms with Crippen LogP contribution in [0.2, 0.25) is 0 Å². The van der Waals surface area contributed by atoms with E-state index in [9.17, 15) is 9.18 Å². The Morgan fingerprint density at radius 2 is 2.00 bits per heavy atom. The first-order valence-corrected chi connectivity index (χ1v) is 9.08. The van der Waals surface area contributed by atoms with Gasteiger partial charge in [-0.1, -0.05) is 11.2 Å². The van der Waals surface area contributed by atoms with E-state index in [0.717, 1.165) is 5.69 Å². The van der Waals surface area contributed by atoms with Crippen molar-refractivity contribution in [1.82, 2.24) is 15.0 Å². The Labute approximate surface area is 168 Å². The van der Waals surface area contributed by atoms with Gasteiger partial charge in [-0.3, -0.25) is 9.78 Å². The number of halogens is 1. The first-order valence-electron chi connectivity index (χ1n) is 9.08. The van der Waals surface area contributed by atoms with Crippen molar-refractivity contribution in [3.05, 3.63) is 59.7 Å². The first kappa shape index (κ1) is 20.3. The van der Waals surface area contributed by atoms with Gasteiger partial charge in [0.05, 0.1) is 7.11 Å². The number of anilines is 1. The molecule has 0 bridgehead atoms.